The molecule has 0 unspecified atom stereocenters. The molecule has 0 bridgehead atoms. The fourth-order valence-corrected chi connectivity index (χ4v) is 2.92. The van der Waals surface area contributed by atoms with Gasteiger partial charge in [0.05, 0.1) is 0 Å². The first-order valence-corrected chi connectivity index (χ1v) is 8.22. The van der Waals surface area contributed by atoms with Crippen molar-refractivity contribution in [3.05, 3.63) is 70.8 Å². The van der Waals surface area contributed by atoms with Crippen molar-refractivity contribution in [1.29, 1.82) is 0 Å². The maximum atomic E-state index is 12.1. The Hall–Kier alpha value is -2.29. The fourth-order valence-electron chi connectivity index (χ4n) is 2.92. The van der Waals surface area contributed by atoms with Gasteiger partial charge in [-0.15, -0.1) is 0 Å². The van der Waals surface area contributed by atoms with E-state index in [0.29, 0.717) is 13.1 Å². The highest BCUT2D eigenvalue weighted by Gasteiger charge is 2.44. The number of urea groups is 1. The first-order chi connectivity index (χ1) is 11.1. The van der Waals surface area contributed by atoms with E-state index in [0.717, 1.165) is 18.4 Å². The zero-order chi connectivity index (χ0) is 16.3. The van der Waals surface area contributed by atoms with Crippen LogP contribution in [-0.2, 0) is 12.0 Å². The van der Waals surface area contributed by atoms with Crippen molar-refractivity contribution in [3.8, 4) is 0 Å². The minimum atomic E-state index is -0.0911. The predicted molar refractivity (Wildman–Crippen MR) is 93.5 cm³/mol. The third-order valence-corrected chi connectivity index (χ3v) is 4.81. The van der Waals surface area contributed by atoms with Crippen molar-refractivity contribution in [2.24, 2.45) is 0 Å². The molecule has 0 heterocycles. The summed E-state index contributed by atoms with van der Waals surface area (Å²) in [7, 11) is 0. The van der Waals surface area contributed by atoms with E-state index in [1.807, 2.05) is 18.2 Å². The summed E-state index contributed by atoms with van der Waals surface area (Å²) in [6, 6.07) is 16.7. The monoisotopic (exact) mass is 308 g/mol. The highest BCUT2D eigenvalue weighted by atomic mass is 16.2. The molecule has 1 aliphatic carbocycles. The molecule has 0 saturated heterocycles. The predicted octanol–water partition coefficient (Wildman–Crippen LogP) is 3.83. The summed E-state index contributed by atoms with van der Waals surface area (Å²) in [6.45, 7) is 5.43. The van der Waals surface area contributed by atoms with Crippen molar-refractivity contribution in [2.45, 2.75) is 38.6 Å². The maximum absolute atomic E-state index is 12.1. The maximum Gasteiger partial charge on any atom is 0.315 e. The molecule has 3 rings (SSSR count). The van der Waals surface area contributed by atoms with E-state index < -0.39 is 0 Å². The fraction of sp³-hybridized carbons (Fsp3) is 0.350. The molecule has 23 heavy (non-hydrogen) atoms. The second-order valence-electron chi connectivity index (χ2n) is 6.61. The number of nitrogens with one attached hydrogen (secondary N) is 2. The number of amides is 2. The highest BCUT2D eigenvalue weighted by molar-refractivity contribution is 5.74. The standard InChI is InChI=1S/C20H24N2O/c1-15-7-9-18(10-8-15)20(11-12-20)14-22-19(23)21-13-17-6-4-3-5-16(17)2/h3-10H,11-14H2,1-2H3,(H2,21,22,23). The molecule has 2 amide bonds. The van der Waals surface area contributed by atoms with E-state index >= 15 is 0 Å². The van der Waals surface area contributed by atoms with Gasteiger partial charge in [0, 0.05) is 18.5 Å². The molecule has 0 radical (unpaired) electrons. The summed E-state index contributed by atoms with van der Waals surface area (Å²) in [5.74, 6) is 0. The molecule has 0 aromatic heterocycles. The second kappa shape index (κ2) is 6.45. The van der Waals surface area contributed by atoms with Gasteiger partial charge in [0.25, 0.3) is 0 Å². The zero-order valence-corrected chi connectivity index (χ0v) is 13.9. The molecule has 0 aliphatic heterocycles. The summed E-state index contributed by atoms with van der Waals surface area (Å²) < 4.78 is 0. The Balaban J connectivity index is 1.51. The molecule has 3 nitrogen and oxygen atoms in total. The smallest absolute Gasteiger partial charge is 0.315 e. The molecule has 0 atom stereocenters. The Labute approximate surface area is 138 Å². The van der Waals surface area contributed by atoms with E-state index in [-0.39, 0.29) is 11.4 Å². The van der Waals surface area contributed by atoms with Crippen molar-refractivity contribution < 1.29 is 4.79 Å². The van der Waals surface area contributed by atoms with Gasteiger partial charge in [0.1, 0.15) is 0 Å². The lowest BCUT2D eigenvalue weighted by Gasteiger charge is -2.17. The summed E-state index contributed by atoms with van der Waals surface area (Å²) >= 11 is 0. The van der Waals surface area contributed by atoms with Gasteiger partial charge >= 0.3 is 6.03 Å². The van der Waals surface area contributed by atoms with Crippen LogP contribution in [0.15, 0.2) is 48.5 Å². The van der Waals surface area contributed by atoms with Crippen LogP contribution >= 0.6 is 0 Å². The minimum Gasteiger partial charge on any atom is -0.337 e. The second-order valence-corrected chi connectivity index (χ2v) is 6.61. The summed E-state index contributed by atoms with van der Waals surface area (Å²) in [4.78, 5) is 12.1. The Morgan fingerprint density at radius 2 is 1.70 bits per heavy atom. The molecule has 1 aliphatic rings. The minimum absolute atomic E-state index is 0.0911. The van der Waals surface area contributed by atoms with E-state index in [2.05, 4.69) is 54.8 Å². The van der Waals surface area contributed by atoms with E-state index in [4.69, 9.17) is 0 Å². The molecule has 3 heteroatoms. The van der Waals surface area contributed by atoms with Crippen LogP contribution < -0.4 is 10.6 Å². The summed E-state index contributed by atoms with van der Waals surface area (Å²) in [5, 5.41) is 5.99. The average Bonchev–Trinajstić information content (AvgIpc) is 3.34. The number of carbonyl (C=O) groups excluding carboxylic acids is 1. The first-order valence-electron chi connectivity index (χ1n) is 8.22. The number of hydrogen-bond acceptors (Lipinski definition) is 1. The summed E-state index contributed by atoms with van der Waals surface area (Å²) in [5.41, 5.74) is 5.11. The van der Waals surface area contributed by atoms with Gasteiger partial charge in [0.15, 0.2) is 0 Å². The topological polar surface area (TPSA) is 41.1 Å². The van der Waals surface area contributed by atoms with Crippen LogP contribution in [0.4, 0.5) is 4.79 Å². The third-order valence-electron chi connectivity index (χ3n) is 4.81. The van der Waals surface area contributed by atoms with Crippen molar-refractivity contribution in [1.82, 2.24) is 10.6 Å². The van der Waals surface area contributed by atoms with Crippen LogP contribution in [0.5, 0.6) is 0 Å². The normalized spacial score (nSPS) is 15.0. The van der Waals surface area contributed by atoms with Crippen LogP contribution in [0.1, 0.15) is 35.1 Å². The van der Waals surface area contributed by atoms with E-state index in [1.165, 1.54) is 16.7 Å². The molecule has 120 valence electrons. The van der Waals surface area contributed by atoms with Gasteiger partial charge in [-0.1, -0.05) is 54.1 Å². The van der Waals surface area contributed by atoms with Crippen LogP contribution in [0.25, 0.3) is 0 Å². The van der Waals surface area contributed by atoms with E-state index in [1.54, 1.807) is 0 Å². The van der Waals surface area contributed by atoms with Crippen LogP contribution in [0, 0.1) is 13.8 Å². The van der Waals surface area contributed by atoms with Crippen molar-refractivity contribution in [3.63, 3.8) is 0 Å². The van der Waals surface area contributed by atoms with E-state index in [9.17, 15) is 4.79 Å². The molecule has 2 aromatic rings. The lowest BCUT2D eigenvalue weighted by molar-refractivity contribution is 0.239. The quantitative estimate of drug-likeness (QED) is 0.866. The Morgan fingerprint density at radius 1 is 1.00 bits per heavy atom. The van der Waals surface area contributed by atoms with Gasteiger partial charge in [0.2, 0.25) is 0 Å². The number of rotatable bonds is 5. The Kier molecular flexibility index (Phi) is 4.37. The van der Waals surface area contributed by atoms with Gasteiger partial charge in [-0.3, -0.25) is 0 Å². The zero-order valence-electron chi connectivity index (χ0n) is 13.9. The van der Waals surface area contributed by atoms with Crippen LogP contribution in [0.3, 0.4) is 0 Å². The lowest BCUT2D eigenvalue weighted by Crippen LogP contribution is -2.39. The molecule has 1 fully saturated rings. The Bertz CT molecular complexity index is 687. The number of carbonyl (C=O) groups is 1. The van der Waals surface area contributed by atoms with Gasteiger partial charge in [-0.05, 0) is 43.4 Å². The SMILES string of the molecule is Cc1ccc(C2(CNC(=O)NCc3ccccc3C)CC2)cc1. The number of aryl methyl sites for hydroxylation is 2. The third kappa shape index (κ3) is 3.73. The molecule has 2 aromatic carbocycles. The van der Waals surface area contributed by atoms with Crippen molar-refractivity contribution >= 4 is 6.03 Å². The largest absolute Gasteiger partial charge is 0.337 e. The summed E-state index contributed by atoms with van der Waals surface area (Å²) in [6.07, 6.45) is 2.29. The van der Waals surface area contributed by atoms with Gasteiger partial charge < -0.3 is 10.6 Å². The highest BCUT2D eigenvalue weighted by Crippen LogP contribution is 2.47. The van der Waals surface area contributed by atoms with Crippen molar-refractivity contribution in [2.75, 3.05) is 6.54 Å². The lowest BCUT2D eigenvalue weighted by atomic mass is 9.95. The first kappa shape index (κ1) is 15.6. The number of hydrogen-bond donors (Lipinski definition) is 2. The van der Waals surface area contributed by atoms with Crippen LogP contribution in [-0.4, -0.2) is 12.6 Å². The molecular weight excluding hydrogens is 284 g/mol. The molecule has 1 saturated carbocycles. The average molecular weight is 308 g/mol. The van der Waals surface area contributed by atoms with Crippen LogP contribution in [0.2, 0.25) is 0 Å². The number of benzene rings is 2. The molecule has 2 N–H and O–H groups in total. The Morgan fingerprint density at radius 3 is 2.35 bits per heavy atom. The van der Waals surface area contributed by atoms with Gasteiger partial charge in [-0.2, -0.15) is 0 Å². The molecule has 0 spiro atoms. The molecular formula is C20H24N2O. The van der Waals surface area contributed by atoms with Gasteiger partial charge in [-0.25, -0.2) is 4.79 Å².